The van der Waals surface area contributed by atoms with Gasteiger partial charge in [0.25, 0.3) is 5.91 Å². The van der Waals surface area contributed by atoms with Gasteiger partial charge in [0.2, 0.25) is 18.0 Å². The minimum absolute atomic E-state index is 0.213. The van der Waals surface area contributed by atoms with Crippen molar-refractivity contribution >= 4 is 29.1 Å². The molecule has 1 aliphatic heterocycles. The Kier molecular flexibility index (Phi) is 8.43. The highest BCUT2D eigenvalue weighted by atomic mass is 19.4. The first-order valence-electron chi connectivity index (χ1n) is 12.4. The van der Waals surface area contributed by atoms with Gasteiger partial charge in [-0.2, -0.15) is 13.2 Å². The molecule has 4 rings (SSSR count). The van der Waals surface area contributed by atoms with E-state index in [4.69, 9.17) is 0 Å². The predicted molar refractivity (Wildman–Crippen MR) is 141 cm³/mol. The molecule has 0 saturated carbocycles. The molecule has 0 fully saturated rings. The van der Waals surface area contributed by atoms with Crippen molar-refractivity contribution in [2.45, 2.75) is 44.7 Å². The van der Waals surface area contributed by atoms with Crippen LogP contribution in [0.5, 0.6) is 0 Å². The third-order valence-electron chi connectivity index (χ3n) is 6.12. The molecule has 2 N–H and O–H groups in total. The van der Waals surface area contributed by atoms with Gasteiger partial charge in [0, 0.05) is 17.5 Å². The summed E-state index contributed by atoms with van der Waals surface area (Å²) in [6.45, 7) is 1.55. The van der Waals surface area contributed by atoms with Crippen LogP contribution in [-0.4, -0.2) is 41.8 Å². The Labute approximate surface area is 223 Å². The summed E-state index contributed by atoms with van der Waals surface area (Å²) >= 11 is 0. The number of hydrogen-bond donors (Lipinski definition) is 2. The van der Waals surface area contributed by atoms with Crippen LogP contribution < -0.4 is 15.5 Å². The van der Waals surface area contributed by atoms with E-state index in [0.29, 0.717) is 17.0 Å². The van der Waals surface area contributed by atoms with Gasteiger partial charge in [-0.1, -0.05) is 78.9 Å². The summed E-state index contributed by atoms with van der Waals surface area (Å²) in [5.41, 5.74) is 3.38. The Morgan fingerprint density at radius 1 is 0.949 bits per heavy atom. The topological polar surface area (TPSA) is 90.9 Å². The Balaban J connectivity index is 1.65. The summed E-state index contributed by atoms with van der Waals surface area (Å²) in [5.74, 6) is -2.18. The number of carbonyl (C=O) groups is 3. The first kappa shape index (κ1) is 27.6. The van der Waals surface area contributed by atoms with Crippen LogP contribution in [0.4, 0.5) is 18.9 Å². The number of anilines is 1. The second kappa shape index (κ2) is 11.9. The molecule has 3 aromatic rings. The van der Waals surface area contributed by atoms with E-state index >= 15 is 0 Å². The van der Waals surface area contributed by atoms with Gasteiger partial charge in [-0.05, 0) is 18.6 Å². The van der Waals surface area contributed by atoms with Crippen LogP contribution in [0.2, 0.25) is 0 Å². The van der Waals surface area contributed by atoms with Crippen molar-refractivity contribution < 1.29 is 27.6 Å². The lowest BCUT2D eigenvalue weighted by Gasteiger charge is -2.26. The van der Waals surface area contributed by atoms with Crippen LogP contribution in [0.3, 0.4) is 0 Å². The molecule has 3 aromatic carbocycles. The lowest BCUT2D eigenvalue weighted by Crippen LogP contribution is -2.52. The molecular formula is C29H27F3N4O3. The lowest BCUT2D eigenvalue weighted by atomic mass is 10.00. The quantitative estimate of drug-likeness (QED) is 0.448. The number of amides is 3. The molecule has 0 radical (unpaired) electrons. The van der Waals surface area contributed by atoms with E-state index in [1.807, 2.05) is 84.9 Å². The Hall–Kier alpha value is -4.47. The van der Waals surface area contributed by atoms with Crippen molar-refractivity contribution in [1.82, 2.24) is 10.6 Å². The first-order valence-corrected chi connectivity index (χ1v) is 12.4. The number of rotatable bonds is 8. The molecule has 1 unspecified atom stereocenters. The molecule has 0 aromatic heterocycles. The molecule has 0 aliphatic carbocycles. The predicted octanol–water partition coefficient (Wildman–Crippen LogP) is 4.36. The SMILES string of the molecule is C[C@H](NC(=O)CCC(F)(F)F)C(=O)NC1N=C(c2ccccc2)c2ccccc2N(Cc2ccccc2)C1=O. The van der Waals surface area contributed by atoms with Crippen molar-refractivity contribution in [1.29, 1.82) is 0 Å². The maximum absolute atomic E-state index is 13.9. The number of benzodiazepines with no additional fused rings is 1. The van der Waals surface area contributed by atoms with Gasteiger partial charge in [0.1, 0.15) is 6.04 Å². The standard InChI is InChI=1S/C29H27F3N4O3/c1-19(33-24(37)16-17-29(30,31)32)27(38)35-26-28(39)36(18-20-10-4-2-5-11-20)23-15-9-8-14-22(23)25(34-26)21-12-6-3-7-13-21/h2-15,19,26H,16-18H2,1H3,(H,33,37)(H,35,38)/t19-,26?/m0/s1. The fourth-order valence-electron chi connectivity index (χ4n) is 4.17. The number of hydrogen-bond acceptors (Lipinski definition) is 4. The van der Waals surface area contributed by atoms with Crippen molar-refractivity contribution in [2.24, 2.45) is 4.99 Å². The van der Waals surface area contributed by atoms with E-state index < -0.39 is 48.9 Å². The van der Waals surface area contributed by atoms with E-state index in [1.165, 1.54) is 6.92 Å². The highest BCUT2D eigenvalue weighted by molar-refractivity contribution is 6.20. The lowest BCUT2D eigenvalue weighted by molar-refractivity contribution is -0.144. The molecule has 1 heterocycles. The van der Waals surface area contributed by atoms with E-state index in [9.17, 15) is 27.6 Å². The largest absolute Gasteiger partial charge is 0.389 e. The van der Waals surface area contributed by atoms with Crippen molar-refractivity contribution in [2.75, 3.05) is 4.90 Å². The fraction of sp³-hybridized carbons (Fsp3) is 0.241. The summed E-state index contributed by atoms with van der Waals surface area (Å²) in [4.78, 5) is 45.0. The maximum Gasteiger partial charge on any atom is 0.389 e. The number of carbonyl (C=O) groups excluding carboxylic acids is 3. The number of benzene rings is 3. The smallest absolute Gasteiger partial charge is 0.345 e. The molecule has 202 valence electrons. The van der Waals surface area contributed by atoms with Gasteiger partial charge in [-0.25, -0.2) is 4.99 Å². The van der Waals surface area contributed by atoms with Gasteiger partial charge in [0.15, 0.2) is 0 Å². The van der Waals surface area contributed by atoms with Crippen molar-refractivity contribution in [3.8, 4) is 0 Å². The summed E-state index contributed by atoms with van der Waals surface area (Å²) in [5, 5.41) is 4.84. The van der Waals surface area contributed by atoms with Crippen molar-refractivity contribution in [3.63, 3.8) is 0 Å². The molecule has 7 nitrogen and oxygen atoms in total. The van der Waals surface area contributed by atoms with E-state index in [1.54, 1.807) is 4.90 Å². The molecular weight excluding hydrogens is 509 g/mol. The van der Waals surface area contributed by atoms with Gasteiger partial charge >= 0.3 is 6.18 Å². The number of fused-ring (bicyclic) bond motifs is 1. The highest BCUT2D eigenvalue weighted by Gasteiger charge is 2.34. The molecule has 39 heavy (non-hydrogen) atoms. The second-order valence-electron chi connectivity index (χ2n) is 9.09. The normalized spacial score (nSPS) is 16.0. The first-order chi connectivity index (χ1) is 18.6. The fourth-order valence-corrected chi connectivity index (χ4v) is 4.17. The molecule has 0 spiro atoms. The zero-order valence-corrected chi connectivity index (χ0v) is 21.1. The van der Waals surface area contributed by atoms with E-state index in [0.717, 1.165) is 11.1 Å². The molecule has 0 bridgehead atoms. The third-order valence-corrected chi connectivity index (χ3v) is 6.12. The number of aliphatic imine (C=N–C) groups is 1. The van der Waals surface area contributed by atoms with Crippen LogP contribution in [0, 0.1) is 0 Å². The number of para-hydroxylation sites is 1. The maximum atomic E-state index is 13.9. The van der Waals surface area contributed by atoms with E-state index in [2.05, 4.69) is 15.6 Å². The minimum atomic E-state index is -4.49. The average Bonchev–Trinajstić information content (AvgIpc) is 3.03. The summed E-state index contributed by atoms with van der Waals surface area (Å²) in [7, 11) is 0. The molecule has 3 amide bonds. The third kappa shape index (κ3) is 7.10. The molecule has 1 aliphatic rings. The van der Waals surface area contributed by atoms with Crippen LogP contribution in [0.1, 0.15) is 36.5 Å². The van der Waals surface area contributed by atoms with Gasteiger partial charge in [-0.3, -0.25) is 14.4 Å². The zero-order chi connectivity index (χ0) is 28.0. The van der Waals surface area contributed by atoms with Crippen LogP contribution in [0.15, 0.2) is 89.9 Å². The summed E-state index contributed by atoms with van der Waals surface area (Å²) in [6.07, 6.45) is -7.94. The number of nitrogens with zero attached hydrogens (tertiary/aromatic N) is 2. The van der Waals surface area contributed by atoms with Crippen LogP contribution >= 0.6 is 0 Å². The summed E-state index contributed by atoms with van der Waals surface area (Å²) < 4.78 is 37.4. The monoisotopic (exact) mass is 536 g/mol. The Morgan fingerprint density at radius 3 is 2.23 bits per heavy atom. The zero-order valence-electron chi connectivity index (χ0n) is 21.1. The van der Waals surface area contributed by atoms with Crippen LogP contribution in [-0.2, 0) is 20.9 Å². The van der Waals surface area contributed by atoms with Crippen LogP contribution in [0.25, 0.3) is 0 Å². The minimum Gasteiger partial charge on any atom is -0.345 e. The van der Waals surface area contributed by atoms with E-state index in [-0.39, 0.29) is 6.54 Å². The number of alkyl halides is 3. The number of halogens is 3. The number of nitrogens with one attached hydrogen (secondary N) is 2. The van der Waals surface area contributed by atoms with Crippen molar-refractivity contribution in [3.05, 3.63) is 102 Å². The average molecular weight is 537 g/mol. The van der Waals surface area contributed by atoms with Gasteiger partial charge < -0.3 is 15.5 Å². The second-order valence-corrected chi connectivity index (χ2v) is 9.09. The Morgan fingerprint density at radius 2 is 1.56 bits per heavy atom. The molecule has 10 heteroatoms. The molecule has 0 saturated heterocycles. The summed E-state index contributed by atoms with van der Waals surface area (Å²) in [6, 6.07) is 24.7. The Bertz CT molecular complexity index is 1360. The van der Waals surface area contributed by atoms with Gasteiger partial charge in [0.05, 0.1) is 24.4 Å². The van der Waals surface area contributed by atoms with Gasteiger partial charge in [-0.15, -0.1) is 0 Å². The highest BCUT2D eigenvalue weighted by Crippen LogP contribution is 2.29. The molecule has 2 atom stereocenters.